The Bertz CT molecular complexity index is 590. The highest BCUT2D eigenvalue weighted by molar-refractivity contribution is 5.93. The van der Waals surface area contributed by atoms with Crippen LogP contribution in [0.15, 0.2) is 42.9 Å². The van der Waals surface area contributed by atoms with Gasteiger partial charge < -0.3 is 19.4 Å². The first-order valence-electron chi connectivity index (χ1n) is 7.41. The van der Waals surface area contributed by atoms with Gasteiger partial charge in [-0.05, 0) is 18.2 Å². The Kier molecular flexibility index (Phi) is 4.70. The molecule has 6 heteroatoms. The van der Waals surface area contributed by atoms with E-state index >= 15 is 0 Å². The van der Waals surface area contributed by atoms with Crippen molar-refractivity contribution in [3.05, 3.63) is 48.4 Å². The van der Waals surface area contributed by atoms with Gasteiger partial charge in [-0.15, -0.1) is 0 Å². The molecule has 3 heterocycles. The lowest BCUT2D eigenvalue weighted by Crippen LogP contribution is -2.27. The highest BCUT2D eigenvalue weighted by atomic mass is 16.5. The minimum Gasteiger partial charge on any atom is -0.472 e. The van der Waals surface area contributed by atoms with E-state index in [1.54, 1.807) is 12.1 Å². The molecule has 2 aromatic heterocycles. The van der Waals surface area contributed by atoms with Crippen LogP contribution in [0.25, 0.3) is 0 Å². The van der Waals surface area contributed by atoms with Crippen LogP contribution in [0, 0.1) is 0 Å². The second-order valence-corrected chi connectivity index (χ2v) is 5.17. The van der Waals surface area contributed by atoms with Gasteiger partial charge in [0.15, 0.2) is 0 Å². The second kappa shape index (κ2) is 7.09. The summed E-state index contributed by atoms with van der Waals surface area (Å²) < 4.78 is 12.9. The maximum atomic E-state index is 12.0. The minimum atomic E-state index is -0.129. The Hall–Kier alpha value is -2.34. The molecule has 6 nitrogen and oxygen atoms in total. The van der Waals surface area contributed by atoms with Gasteiger partial charge in [-0.1, -0.05) is 0 Å². The van der Waals surface area contributed by atoms with Gasteiger partial charge in [0.1, 0.15) is 6.10 Å². The Balaban J connectivity index is 1.47. The molecule has 0 aliphatic carbocycles. The first kappa shape index (κ1) is 14.6. The van der Waals surface area contributed by atoms with Gasteiger partial charge in [0, 0.05) is 44.2 Å². The molecule has 1 atom stereocenters. The SMILES string of the molecule is O=C(NCCn1cccc1)c1ccc(O[C@H]2CCOC2)nc1. The lowest BCUT2D eigenvalue weighted by molar-refractivity contribution is 0.0951. The molecule has 116 valence electrons. The molecule has 1 N–H and O–H groups in total. The maximum Gasteiger partial charge on any atom is 0.252 e. The number of hydrogen-bond donors (Lipinski definition) is 1. The third-order valence-electron chi connectivity index (χ3n) is 3.50. The standard InChI is InChI=1S/C16H19N3O3/c20-16(17-6-9-19-7-1-2-8-19)13-3-4-15(18-11-13)22-14-5-10-21-12-14/h1-4,7-8,11,14H,5-6,9-10,12H2,(H,17,20)/t14-/m0/s1. The van der Waals surface area contributed by atoms with Crippen LogP contribution >= 0.6 is 0 Å². The third kappa shape index (κ3) is 3.85. The van der Waals surface area contributed by atoms with E-state index in [1.165, 1.54) is 6.20 Å². The van der Waals surface area contributed by atoms with Gasteiger partial charge in [0.05, 0.1) is 18.8 Å². The van der Waals surface area contributed by atoms with E-state index in [1.807, 2.05) is 29.1 Å². The fourth-order valence-electron chi connectivity index (χ4n) is 2.28. The normalized spacial score (nSPS) is 17.4. The summed E-state index contributed by atoms with van der Waals surface area (Å²) in [7, 11) is 0. The quantitative estimate of drug-likeness (QED) is 0.878. The lowest BCUT2D eigenvalue weighted by atomic mass is 10.2. The van der Waals surface area contributed by atoms with Crippen LogP contribution in [0.4, 0.5) is 0 Å². The molecule has 0 unspecified atom stereocenters. The molecule has 22 heavy (non-hydrogen) atoms. The fourth-order valence-corrected chi connectivity index (χ4v) is 2.28. The van der Waals surface area contributed by atoms with Gasteiger partial charge in [0.2, 0.25) is 5.88 Å². The smallest absolute Gasteiger partial charge is 0.252 e. The number of carbonyl (C=O) groups is 1. The molecule has 0 bridgehead atoms. The average Bonchev–Trinajstić information content (AvgIpc) is 3.21. The Morgan fingerprint density at radius 3 is 2.95 bits per heavy atom. The number of aromatic nitrogens is 2. The predicted octanol–water partition coefficient (Wildman–Crippen LogP) is 1.48. The van der Waals surface area contributed by atoms with Crippen molar-refractivity contribution in [3.8, 4) is 5.88 Å². The van der Waals surface area contributed by atoms with Gasteiger partial charge in [-0.3, -0.25) is 4.79 Å². The molecule has 0 spiro atoms. The third-order valence-corrected chi connectivity index (χ3v) is 3.50. The first-order valence-corrected chi connectivity index (χ1v) is 7.41. The van der Waals surface area contributed by atoms with Crippen LogP contribution in [0.5, 0.6) is 5.88 Å². The number of amides is 1. The van der Waals surface area contributed by atoms with Crippen LogP contribution < -0.4 is 10.1 Å². The summed E-state index contributed by atoms with van der Waals surface area (Å²) in [6.45, 7) is 2.65. The number of pyridine rings is 1. The van der Waals surface area contributed by atoms with E-state index in [0.717, 1.165) is 19.6 Å². The summed E-state index contributed by atoms with van der Waals surface area (Å²) in [5.74, 6) is 0.398. The Morgan fingerprint density at radius 1 is 1.41 bits per heavy atom. The van der Waals surface area contributed by atoms with Crippen LogP contribution in [0.2, 0.25) is 0 Å². The van der Waals surface area contributed by atoms with E-state index in [4.69, 9.17) is 9.47 Å². The molecule has 0 saturated carbocycles. The Labute approximate surface area is 129 Å². The summed E-state index contributed by atoms with van der Waals surface area (Å²) in [6.07, 6.45) is 6.41. The largest absolute Gasteiger partial charge is 0.472 e. The van der Waals surface area contributed by atoms with Crippen molar-refractivity contribution in [2.45, 2.75) is 19.1 Å². The minimum absolute atomic E-state index is 0.0637. The molecule has 1 aliphatic rings. The van der Waals surface area contributed by atoms with Crippen molar-refractivity contribution >= 4 is 5.91 Å². The number of carbonyl (C=O) groups excluding carboxylic acids is 1. The first-order chi connectivity index (χ1) is 10.8. The maximum absolute atomic E-state index is 12.0. The number of ether oxygens (including phenoxy) is 2. The van der Waals surface area contributed by atoms with Gasteiger partial charge >= 0.3 is 0 Å². The lowest BCUT2D eigenvalue weighted by Gasteiger charge is -2.11. The van der Waals surface area contributed by atoms with E-state index in [0.29, 0.717) is 24.6 Å². The molecule has 2 aromatic rings. The van der Waals surface area contributed by atoms with Crippen molar-refractivity contribution in [2.24, 2.45) is 0 Å². The molecule has 1 amide bonds. The fraction of sp³-hybridized carbons (Fsp3) is 0.375. The molecule has 3 rings (SSSR count). The second-order valence-electron chi connectivity index (χ2n) is 5.17. The number of nitrogens with one attached hydrogen (secondary N) is 1. The molecular formula is C16H19N3O3. The summed E-state index contributed by atoms with van der Waals surface area (Å²) in [5, 5.41) is 2.87. The van der Waals surface area contributed by atoms with E-state index in [9.17, 15) is 4.79 Å². The predicted molar refractivity (Wildman–Crippen MR) is 80.9 cm³/mol. The van der Waals surface area contributed by atoms with E-state index < -0.39 is 0 Å². The van der Waals surface area contributed by atoms with E-state index in [2.05, 4.69) is 10.3 Å². The number of hydrogen-bond acceptors (Lipinski definition) is 4. The van der Waals surface area contributed by atoms with E-state index in [-0.39, 0.29) is 12.0 Å². The van der Waals surface area contributed by atoms with Crippen LogP contribution in [-0.2, 0) is 11.3 Å². The Morgan fingerprint density at radius 2 is 2.27 bits per heavy atom. The van der Waals surface area contributed by atoms with Gasteiger partial charge in [-0.25, -0.2) is 4.98 Å². The topological polar surface area (TPSA) is 65.4 Å². The van der Waals surface area contributed by atoms with Crippen molar-refractivity contribution in [2.75, 3.05) is 19.8 Å². The monoisotopic (exact) mass is 301 g/mol. The summed E-state index contributed by atoms with van der Waals surface area (Å²) >= 11 is 0. The van der Waals surface area contributed by atoms with Crippen molar-refractivity contribution in [3.63, 3.8) is 0 Å². The van der Waals surface area contributed by atoms with Gasteiger partial charge in [-0.2, -0.15) is 0 Å². The van der Waals surface area contributed by atoms with Gasteiger partial charge in [0.25, 0.3) is 5.91 Å². The zero-order chi connectivity index (χ0) is 15.2. The highest BCUT2D eigenvalue weighted by Crippen LogP contribution is 2.14. The zero-order valence-corrected chi connectivity index (χ0v) is 12.3. The van der Waals surface area contributed by atoms with Crippen molar-refractivity contribution in [1.29, 1.82) is 0 Å². The highest BCUT2D eigenvalue weighted by Gasteiger charge is 2.17. The number of rotatable bonds is 6. The molecule has 1 saturated heterocycles. The molecule has 0 aromatic carbocycles. The van der Waals surface area contributed by atoms with Crippen LogP contribution in [-0.4, -0.2) is 41.3 Å². The summed E-state index contributed by atoms with van der Waals surface area (Å²) in [4.78, 5) is 16.2. The molecule has 0 radical (unpaired) electrons. The van der Waals surface area contributed by atoms with Crippen LogP contribution in [0.3, 0.4) is 0 Å². The molecule has 1 aliphatic heterocycles. The summed E-state index contributed by atoms with van der Waals surface area (Å²) in [6, 6.07) is 7.36. The average molecular weight is 301 g/mol. The van der Waals surface area contributed by atoms with Crippen molar-refractivity contribution in [1.82, 2.24) is 14.9 Å². The zero-order valence-electron chi connectivity index (χ0n) is 12.3. The summed E-state index contributed by atoms with van der Waals surface area (Å²) in [5.41, 5.74) is 0.530. The van der Waals surface area contributed by atoms with Crippen molar-refractivity contribution < 1.29 is 14.3 Å². The molecular weight excluding hydrogens is 282 g/mol. The molecule has 1 fully saturated rings. The van der Waals surface area contributed by atoms with Crippen LogP contribution in [0.1, 0.15) is 16.8 Å². The number of nitrogens with zero attached hydrogens (tertiary/aromatic N) is 2.